The summed E-state index contributed by atoms with van der Waals surface area (Å²) < 4.78 is 29.6. The van der Waals surface area contributed by atoms with E-state index in [1.54, 1.807) is 34.1 Å². The van der Waals surface area contributed by atoms with Crippen LogP contribution in [-0.2, 0) is 38.1 Å². The zero-order chi connectivity index (χ0) is 48.2. The predicted octanol–water partition coefficient (Wildman–Crippen LogP) is 5.76. The number of ketones is 1. The predicted molar refractivity (Wildman–Crippen MR) is 247 cm³/mol. The average Bonchev–Trinajstić information content (AvgIpc) is 3.28. The summed E-state index contributed by atoms with van der Waals surface area (Å²) in [5.74, 6) is -6.69. The number of amides is 1. The van der Waals surface area contributed by atoms with Crippen molar-refractivity contribution >= 4 is 17.7 Å². The summed E-state index contributed by atoms with van der Waals surface area (Å²) in [4.78, 5) is 44.1. The highest BCUT2D eigenvalue weighted by atomic mass is 16.6. The Balaban J connectivity index is 1.70. The number of rotatable bonds is 6. The van der Waals surface area contributed by atoms with Gasteiger partial charge >= 0.3 is 5.97 Å². The molecule has 14 nitrogen and oxygen atoms in total. The topological polar surface area (TPSA) is 202 Å². The first-order valence-electron chi connectivity index (χ1n) is 24.2. The fourth-order valence-electron chi connectivity index (χ4n) is 10.4. The van der Waals surface area contributed by atoms with Crippen molar-refractivity contribution in [2.24, 2.45) is 35.5 Å². The molecular formula is C51H83NO13. The highest BCUT2D eigenvalue weighted by molar-refractivity contribution is 6.39. The molecular weight excluding hydrogens is 835 g/mol. The van der Waals surface area contributed by atoms with Crippen molar-refractivity contribution in [2.75, 3.05) is 27.9 Å². The second-order valence-electron chi connectivity index (χ2n) is 20.0. The second-order valence-corrected chi connectivity index (χ2v) is 20.0. The van der Waals surface area contributed by atoms with Gasteiger partial charge in [-0.05, 0) is 113 Å². The second kappa shape index (κ2) is 25.5. The fourth-order valence-corrected chi connectivity index (χ4v) is 10.4. The summed E-state index contributed by atoms with van der Waals surface area (Å²) in [6.07, 6.45) is 10.6. The maximum Gasteiger partial charge on any atom is 0.329 e. The minimum Gasteiger partial charge on any atom is -0.460 e. The van der Waals surface area contributed by atoms with Gasteiger partial charge in [0.05, 0.1) is 36.6 Å². The summed E-state index contributed by atoms with van der Waals surface area (Å²) in [6, 6.07) is -1.10. The van der Waals surface area contributed by atoms with Crippen LogP contribution in [0.25, 0.3) is 0 Å². The van der Waals surface area contributed by atoms with Gasteiger partial charge in [0, 0.05) is 52.6 Å². The van der Waals surface area contributed by atoms with Crippen molar-refractivity contribution in [3.63, 3.8) is 0 Å². The monoisotopic (exact) mass is 918 g/mol. The number of aliphatic hydroxyl groups is 5. The molecule has 2 bridgehead atoms. The number of methoxy groups -OCH3 is 3. The highest BCUT2D eigenvalue weighted by Crippen LogP contribution is 2.38. The number of esters is 1. The molecule has 3 heterocycles. The Morgan fingerprint density at radius 3 is 2.22 bits per heavy atom. The molecule has 17 atom stereocenters. The quantitative estimate of drug-likeness (QED) is 0.122. The van der Waals surface area contributed by atoms with E-state index in [9.17, 15) is 39.9 Å². The van der Waals surface area contributed by atoms with Crippen molar-refractivity contribution in [1.29, 1.82) is 0 Å². The van der Waals surface area contributed by atoms with E-state index in [0.717, 1.165) is 12.0 Å². The van der Waals surface area contributed by atoms with Crippen molar-refractivity contribution < 1.29 is 63.6 Å². The Bertz CT molecular complexity index is 1660. The van der Waals surface area contributed by atoms with Gasteiger partial charge in [0.2, 0.25) is 5.79 Å². The zero-order valence-electron chi connectivity index (χ0n) is 40.8. The van der Waals surface area contributed by atoms with Gasteiger partial charge in [0.25, 0.3) is 11.7 Å². The Kier molecular flexibility index (Phi) is 21.5. The standard InChI is InChI=1S/C51H83NO13/c1-30-16-12-11-13-17-31(2)42(61-8)28-38-21-19-36(7)51(60,65-38)48(57)49(58)52-23-15-14-18-39(52)50(59)64-43(33(4)26-37-20-22-40(53)44(27-37)62-9)29-41(54)32(3)25-35(6)46(56)47(63-10)45(55)34(5)24-30/h11-13,16-17,25,30,32-34,36-47,53-56,60H,14-15,18-24,26-29H2,1-10H3/b13-11+,16-12+,31-17+,35-25+/t30-,32-,33-,34-,36-,37?,38+,39?,40-,41+,42+,43?,44-,45+,46-,47+,51-/m1/s1. The van der Waals surface area contributed by atoms with Gasteiger partial charge < -0.3 is 54.1 Å². The summed E-state index contributed by atoms with van der Waals surface area (Å²) in [6.45, 7) is 13.2. The van der Waals surface area contributed by atoms with Gasteiger partial charge in [-0.15, -0.1) is 0 Å². The van der Waals surface area contributed by atoms with Crippen LogP contribution in [0.2, 0.25) is 0 Å². The fraction of sp³-hybridized carbons (Fsp3) is 0.784. The number of carbonyl (C=O) groups is 3. The van der Waals surface area contributed by atoms with Crippen molar-refractivity contribution in [1.82, 2.24) is 4.90 Å². The van der Waals surface area contributed by atoms with Crippen LogP contribution in [0.5, 0.6) is 0 Å². The van der Waals surface area contributed by atoms with E-state index in [-0.39, 0.29) is 49.2 Å². The molecule has 3 fully saturated rings. The molecule has 1 saturated carbocycles. The Morgan fingerprint density at radius 1 is 0.815 bits per heavy atom. The van der Waals surface area contributed by atoms with E-state index < -0.39 is 90.2 Å². The van der Waals surface area contributed by atoms with Crippen LogP contribution < -0.4 is 0 Å². The van der Waals surface area contributed by atoms with Crippen LogP contribution in [0.3, 0.4) is 0 Å². The lowest BCUT2D eigenvalue weighted by atomic mass is 9.78. The molecule has 5 N–H and O–H groups in total. The SMILES string of the molecule is CO[C@H]1[C@@H](O)[C@H](C)C[C@H](C)/C=C/C=C/C=C(\C)[C@@H](OC)C[C@@H]2CC[C@@H](C)[C@@](O)(O2)C(=O)C(=O)N2CCCCC2C(=O)OC([C@H](C)CC2CC[C@@H](O)[C@H](OC)C2)C[C@H](O)[C@H](C)/C=C(\C)[C@H]1O. The van der Waals surface area contributed by atoms with E-state index in [2.05, 4.69) is 6.92 Å². The van der Waals surface area contributed by atoms with Crippen LogP contribution in [0.4, 0.5) is 0 Å². The third-order valence-corrected chi connectivity index (χ3v) is 14.9. The van der Waals surface area contributed by atoms with Crippen molar-refractivity contribution in [2.45, 2.75) is 192 Å². The molecule has 0 aromatic rings. The number of hydrogen-bond acceptors (Lipinski definition) is 13. The number of piperidine rings is 1. The number of allylic oxidation sites excluding steroid dienone is 5. The Labute approximate surface area is 388 Å². The van der Waals surface area contributed by atoms with Gasteiger partial charge in [-0.1, -0.05) is 71.1 Å². The van der Waals surface area contributed by atoms with E-state index in [4.69, 9.17) is 23.7 Å². The van der Waals surface area contributed by atoms with Gasteiger partial charge in [-0.25, -0.2) is 4.79 Å². The minimum absolute atomic E-state index is 0.0359. The maximum absolute atomic E-state index is 14.4. The third-order valence-electron chi connectivity index (χ3n) is 14.9. The molecule has 4 rings (SSSR count). The average molecular weight is 918 g/mol. The lowest BCUT2D eigenvalue weighted by molar-refractivity contribution is -0.265. The van der Waals surface area contributed by atoms with E-state index in [1.165, 1.54) is 12.0 Å². The molecule has 0 spiro atoms. The number of Topliss-reactive ketones (excluding diaryl/α,β-unsaturated/α-hetero) is 1. The van der Waals surface area contributed by atoms with Gasteiger partial charge in [0.1, 0.15) is 24.4 Å². The van der Waals surface area contributed by atoms with Gasteiger partial charge in [-0.3, -0.25) is 9.59 Å². The summed E-state index contributed by atoms with van der Waals surface area (Å²) >= 11 is 0. The first kappa shape index (κ1) is 54.8. The van der Waals surface area contributed by atoms with E-state index >= 15 is 0 Å². The number of hydrogen-bond donors (Lipinski definition) is 5. The molecule has 3 unspecified atom stereocenters. The third kappa shape index (κ3) is 14.6. The lowest BCUT2D eigenvalue weighted by Crippen LogP contribution is -2.61. The molecule has 0 aromatic heterocycles. The summed E-state index contributed by atoms with van der Waals surface area (Å²) in [7, 11) is 4.63. The molecule has 4 aliphatic rings. The number of cyclic esters (lactones) is 1. The molecule has 65 heavy (non-hydrogen) atoms. The zero-order valence-corrected chi connectivity index (χ0v) is 40.8. The summed E-state index contributed by atoms with van der Waals surface area (Å²) in [5.41, 5.74) is 1.41. The Hall–Kier alpha value is -2.79. The first-order chi connectivity index (χ1) is 30.7. The molecule has 370 valence electrons. The smallest absolute Gasteiger partial charge is 0.329 e. The number of fused-ring (bicyclic) bond motifs is 3. The van der Waals surface area contributed by atoms with Gasteiger partial charge in [-0.2, -0.15) is 0 Å². The van der Waals surface area contributed by atoms with Gasteiger partial charge in [0.15, 0.2) is 0 Å². The number of ether oxygens (including phenoxy) is 5. The molecule has 0 radical (unpaired) electrons. The molecule has 14 heteroatoms. The normalized spacial score (nSPS) is 42.7. The van der Waals surface area contributed by atoms with E-state index in [1.807, 2.05) is 58.1 Å². The summed E-state index contributed by atoms with van der Waals surface area (Å²) in [5, 5.41) is 57.2. The lowest BCUT2D eigenvalue weighted by Gasteiger charge is -2.43. The van der Waals surface area contributed by atoms with Crippen LogP contribution in [0, 0.1) is 35.5 Å². The van der Waals surface area contributed by atoms with Crippen molar-refractivity contribution in [3.8, 4) is 0 Å². The molecule has 0 aromatic carbocycles. The van der Waals surface area contributed by atoms with Crippen LogP contribution in [0.15, 0.2) is 47.6 Å². The molecule has 1 amide bonds. The molecule has 3 aliphatic heterocycles. The van der Waals surface area contributed by atoms with Crippen LogP contribution >= 0.6 is 0 Å². The minimum atomic E-state index is -2.41. The van der Waals surface area contributed by atoms with Crippen molar-refractivity contribution in [3.05, 3.63) is 47.6 Å². The number of nitrogens with zero attached hydrogens (tertiary/aromatic N) is 1. The first-order valence-corrected chi connectivity index (χ1v) is 24.2. The highest BCUT2D eigenvalue weighted by Gasteiger charge is 2.53. The number of carbonyl (C=O) groups excluding carboxylic acids is 3. The maximum atomic E-state index is 14.4. The van der Waals surface area contributed by atoms with Crippen LogP contribution in [-0.4, -0.2) is 143 Å². The van der Waals surface area contributed by atoms with E-state index in [0.29, 0.717) is 63.4 Å². The largest absolute Gasteiger partial charge is 0.460 e. The Morgan fingerprint density at radius 2 is 1.54 bits per heavy atom. The van der Waals surface area contributed by atoms with Crippen LogP contribution in [0.1, 0.15) is 126 Å². The molecule has 2 saturated heterocycles. The number of aliphatic hydroxyl groups excluding tert-OH is 4. The molecule has 1 aliphatic carbocycles.